The number of hydrogen-bond acceptors (Lipinski definition) is 2. The normalized spacial score (nSPS) is 35.8. The Labute approximate surface area is 94.5 Å². The molecule has 82 valence electrons. The van der Waals surface area contributed by atoms with Crippen LogP contribution in [-0.4, -0.2) is 30.2 Å². The van der Waals surface area contributed by atoms with E-state index in [0.717, 1.165) is 13.2 Å². The lowest BCUT2D eigenvalue weighted by molar-refractivity contribution is -0.156. The zero-order valence-corrected chi connectivity index (χ0v) is 10.2. The van der Waals surface area contributed by atoms with E-state index in [1.165, 1.54) is 38.5 Å². The first-order chi connectivity index (χ1) is 6.86. The monoisotopic (exact) mass is 262 g/mol. The van der Waals surface area contributed by atoms with Gasteiger partial charge < -0.3 is 9.47 Å². The highest BCUT2D eigenvalue weighted by Crippen LogP contribution is 2.27. The summed E-state index contributed by atoms with van der Waals surface area (Å²) < 4.78 is 11.1. The van der Waals surface area contributed by atoms with Gasteiger partial charge in [0.2, 0.25) is 0 Å². The van der Waals surface area contributed by atoms with Gasteiger partial charge in [0.05, 0.1) is 19.3 Å². The Bertz CT molecular complexity index is 171. The van der Waals surface area contributed by atoms with Crippen LogP contribution in [0.2, 0.25) is 0 Å². The summed E-state index contributed by atoms with van der Waals surface area (Å²) in [6.07, 6.45) is 8.70. The van der Waals surface area contributed by atoms with Crippen molar-refractivity contribution in [2.24, 2.45) is 0 Å². The van der Waals surface area contributed by atoms with E-state index in [1.807, 2.05) is 0 Å². The molecule has 2 nitrogen and oxygen atoms in total. The van der Waals surface area contributed by atoms with Crippen molar-refractivity contribution in [3.05, 3.63) is 0 Å². The molecule has 1 aliphatic heterocycles. The molecule has 0 bridgehead atoms. The zero-order chi connectivity index (χ0) is 9.80. The maximum atomic E-state index is 6.00. The van der Waals surface area contributed by atoms with Gasteiger partial charge in [-0.15, -0.1) is 0 Å². The first-order valence-electron chi connectivity index (χ1n) is 5.73. The molecule has 2 fully saturated rings. The number of halogens is 1. The molecule has 3 heteroatoms. The van der Waals surface area contributed by atoms with Crippen molar-refractivity contribution in [2.75, 3.05) is 13.2 Å². The molecule has 2 aliphatic rings. The lowest BCUT2D eigenvalue weighted by atomic mass is 9.98. The number of hydrogen-bond donors (Lipinski definition) is 0. The lowest BCUT2D eigenvalue weighted by Crippen LogP contribution is -2.41. The minimum Gasteiger partial charge on any atom is -0.376 e. The van der Waals surface area contributed by atoms with Crippen LogP contribution in [0.1, 0.15) is 38.5 Å². The summed E-state index contributed by atoms with van der Waals surface area (Å²) in [6.45, 7) is 1.60. The van der Waals surface area contributed by atoms with E-state index in [9.17, 15) is 0 Å². The fourth-order valence-corrected chi connectivity index (χ4v) is 2.81. The molecule has 0 radical (unpaired) electrons. The van der Waals surface area contributed by atoms with Gasteiger partial charge in [-0.3, -0.25) is 0 Å². The molecule has 0 aromatic rings. The zero-order valence-electron chi connectivity index (χ0n) is 8.58. The summed E-state index contributed by atoms with van der Waals surface area (Å²) in [5, 5.41) is 0. The molecule has 0 spiro atoms. The van der Waals surface area contributed by atoms with Gasteiger partial charge in [-0.2, -0.15) is 0 Å². The molecule has 0 amide bonds. The molecule has 2 rings (SSSR count). The molecule has 0 N–H and O–H groups in total. The first-order valence-corrected chi connectivity index (χ1v) is 6.65. The van der Waals surface area contributed by atoms with Crippen molar-refractivity contribution in [1.29, 1.82) is 0 Å². The smallest absolute Gasteiger partial charge is 0.105 e. The van der Waals surface area contributed by atoms with Crippen LogP contribution in [0.4, 0.5) is 0 Å². The van der Waals surface area contributed by atoms with Crippen molar-refractivity contribution in [1.82, 2.24) is 0 Å². The first kappa shape index (κ1) is 10.9. The van der Waals surface area contributed by atoms with Crippen LogP contribution < -0.4 is 0 Å². The summed E-state index contributed by atoms with van der Waals surface area (Å²) in [5.41, 5.74) is 0. The fourth-order valence-electron chi connectivity index (χ4n) is 2.10. The minimum atomic E-state index is 0.375. The predicted octanol–water partition coefficient (Wildman–Crippen LogP) is 2.89. The molecule has 1 heterocycles. The van der Waals surface area contributed by atoms with Crippen LogP contribution >= 0.6 is 15.9 Å². The van der Waals surface area contributed by atoms with E-state index in [1.54, 1.807) is 0 Å². The summed E-state index contributed by atoms with van der Waals surface area (Å²) >= 11 is 3.76. The van der Waals surface area contributed by atoms with Crippen LogP contribution in [0, 0.1) is 0 Å². The van der Waals surface area contributed by atoms with Gasteiger partial charge >= 0.3 is 0 Å². The minimum absolute atomic E-state index is 0.375. The molecule has 2 atom stereocenters. The Balaban J connectivity index is 1.78. The van der Waals surface area contributed by atoms with E-state index in [-0.39, 0.29) is 0 Å². The van der Waals surface area contributed by atoms with E-state index in [0.29, 0.717) is 17.0 Å². The Hall–Kier alpha value is 0.400. The molecule has 14 heavy (non-hydrogen) atoms. The van der Waals surface area contributed by atoms with Gasteiger partial charge in [-0.1, -0.05) is 41.6 Å². The third kappa shape index (κ3) is 2.94. The van der Waals surface area contributed by atoms with Crippen molar-refractivity contribution < 1.29 is 9.47 Å². The summed E-state index contributed by atoms with van der Waals surface area (Å²) in [6, 6.07) is 0. The van der Waals surface area contributed by atoms with Crippen LogP contribution in [0.5, 0.6) is 0 Å². The van der Waals surface area contributed by atoms with E-state index in [4.69, 9.17) is 9.47 Å². The maximum Gasteiger partial charge on any atom is 0.105 e. The lowest BCUT2D eigenvalue weighted by Gasteiger charge is -2.33. The average Bonchev–Trinajstić information content (AvgIpc) is 2.08. The largest absolute Gasteiger partial charge is 0.376 e. The Morgan fingerprint density at radius 2 is 1.71 bits per heavy atom. The van der Waals surface area contributed by atoms with Crippen molar-refractivity contribution in [3.63, 3.8) is 0 Å². The Morgan fingerprint density at radius 3 is 2.36 bits per heavy atom. The molecule has 2 unspecified atom stereocenters. The van der Waals surface area contributed by atoms with Gasteiger partial charge in [0.15, 0.2) is 0 Å². The molecular formula is C11H19BrO2. The molecule has 1 saturated carbocycles. The quantitative estimate of drug-likeness (QED) is 0.713. The second kappa shape index (κ2) is 5.47. The molecule has 1 aliphatic carbocycles. The number of alkyl halides is 1. The summed E-state index contributed by atoms with van der Waals surface area (Å²) in [5.74, 6) is 0. The standard InChI is InChI=1S/C11H19BrO2/c12-10-5-3-1-2-4-6-11(10)14-9-7-13-8-9/h9-11H,1-8H2. The second-order valence-electron chi connectivity index (χ2n) is 4.34. The van der Waals surface area contributed by atoms with Crippen molar-refractivity contribution >= 4 is 15.9 Å². The summed E-state index contributed by atoms with van der Waals surface area (Å²) in [7, 11) is 0. The van der Waals surface area contributed by atoms with Crippen molar-refractivity contribution in [2.45, 2.75) is 55.6 Å². The molecule has 0 aromatic carbocycles. The van der Waals surface area contributed by atoms with Gasteiger partial charge in [-0.05, 0) is 12.8 Å². The van der Waals surface area contributed by atoms with Gasteiger partial charge in [-0.25, -0.2) is 0 Å². The SMILES string of the molecule is BrC1CCCCCCC1OC1COC1. The Morgan fingerprint density at radius 1 is 1.00 bits per heavy atom. The van der Waals surface area contributed by atoms with Gasteiger partial charge in [0.1, 0.15) is 6.10 Å². The molecule has 0 aromatic heterocycles. The highest BCUT2D eigenvalue weighted by atomic mass is 79.9. The van der Waals surface area contributed by atoms with Crippen LogP contribution in [0.25, 0.3) is 0 Å². The second-order valence-corrected chi connectivity index (χ2v) is 5.52. The third-order valence-electron chi connectivity index (χ3n) is 3.10. The topological polar surface area (TPSA) is 18.5 Å². The third-order valence-corrected chi connectivity index (χ3v) is 4.14. The van der Waals surface area contributed by atoms with E-state index >= 15 is 0 Å². The number of ether oxygens (including phenoxy) is 2. The van der Waals surface area contributed by atoms with Crippen LogP contribution in [0.3, 0.4) is 0 Å². The predicted molar refractivity (Wildman–Crippen MR) is 59.9 cm³/mol. The van der Waals surface area contributed by atoms with Crippen LogP contribution in [-0.2, 0) is 9.47 Å². The average molecular weight is 263 g/mol. The van der Waals surface area contributed by atoms with Gasteiger partial charge in [0, 0.05) is 4.83 Å². The summed E-state index contributed by atoms with van der Waals surface area (Å²) in [4.78, 5) is 0.559. The van der Waals surface area contributed by atoms with Crippen LogP contribution in [0.15, 0.2) is 0 Å². The Kier molecular flexibility index (Phi) is 4.26. The number of rotatable bonds is 2. The molecular weight excluding hydrogens is 244 g/mol. The highest BCUT2D eigenvalue weighted by molar-refractivity contribution is 9.09. The maximum absolute atomic E-state index is 6.00. The molecule has 1 saturated heterocycles. The fraction of sp³-hybridized carbons (Fsp3) is 1.00. The van der Waals surface area contributed by atoms with E-state index < -0.39 is 0 Å². The highest BCUT2D eigenvalue weighted by Gasteiger charge is 2.27. The van der Waals surface area contributed by atoms with Crippen molar-refractivity contribution in [3.8, 4) is 0 Å². The van der Waals surface area contributed by atoms with Gasteiger partial charge in [0.25, 0.3) is 0 Å². The van der Waals surface area contributed by atoms with E-state index in [2.05, 4.69) is 15.9 Å².